The number of hydrogen-bond donors (Lipinski definition) is 1. The van der Waals surface area contributed by atoms with Gasteiger partial charge in [0.25, 0.3) is 0 Å². The molecule has 1 N–H and O–H groups in total. The Balaban J connectivity index is 0. The van der Waals surface area contributed by atoms with Crippen molar-refractivity contribution in [1.82, 2.24) is 0 Å². The molecule has 0 fully saturated rings. The first-order chi connectivity index (χ1) is 13.9. The first-order valence-corrected chi connectivity index (χ1v) is 14.0. The Morgan fingerprint density at radius 2 is 0.967 bits per heavy atom. The van der Waals surface area contributed by atoms with Gasteiger partial charge in [0.05, 0.1) is 16.2 Å². The third-order valence-corrected chi connectivity index (χ3v) is 7.29. The molecule has 2 unspecified atom stereocenters. The van der Waals surface area contributed by atoms with Crippen LogP contribution < -0.4 is 51.4 Å². The largest absolute Gasteiger partial charge is 1.00 e. The van der Waals surface area contributed by atoms with E-state index in [9.17, 15) is 18.1 Å². The molecule has 0 aliphatic rings. The fraction of sp³-hybridized carbons (Fsp3) is 1.00. The minimum atomic E-state index is -4.26. The normalized spacial score (nSPS) is 13.7. The van der Waals surface area contributed by atoms with Gasteiger partial charge >= 0.3 is 51.4 Å². The quantitative estimate of drug-likeness (QED) is 0.146. The zero-order valence-electron chi connectivity index (χ0n) is 20.4. The van der Waals surface area contributed by atoms with Crippen molar-refractivity contribution in [3.8, 4) is 0 Å². The standard InChI is InChI=1S/C24H50O4S.K/c1-3-5-7-9-10-11-12-13-14-16-17-19-23(25)21-22-24(29(26,27)28)20-18-15-8-6-4-2;/h23-25H,3-22H2,1-2H3,(H,26,27,28);/q;+1/p-1. The Hall–Kier alpha value is 1.51. The molecule has 0 heterocycles. The third-order valence-electron chi connectivity index (χ3n) is 6.00. The smallest absolute Gasteiger partial charge is 0.748 e. The SMILES string of the molecule is CCCCCCCCCCCCCC(O)CCC(CCCCCCC)S(=O)(=O)[O-].[K+]. The molecule has 0 amide bonds. The molecule has 2 atom stereocenters. The van der Waals surface area contributed by atoms with Gasteiger partial charge in [-0.1, -0.05) is 117 Å². The van der Waals surface area contributed by atoms with Crippen molar-refractivity contribution in [1.29, 1.82) is 0 Å². The average Bonchev–Trinajstić information content (AvgIpc) is 2.67. The maximum atomic E-state index is 11.5. The van der Waals surface area contributed by atoms with Gasteiger partial charge in [-0.3, -0.25) is 0 Å². The van der Waals surface area contributed by atoms with E-state index in [1.807, 2.05) is 0 Å². The molecule has 4 nitrogen and oxygen atoms in total. The van der Waals surface area contributed by atoms with Crippen LogP contribution in [0.3, 0.4) is 0 Å². The molecule has 6 heteroatoms. The zero-order chi connectivity index (χ0) is 21.8. The van der Waals surface area contributed by atoms with Crippen LogP contribution in [0.2, 0.25) is 0 Å². The minimum absolute atomic E-state index is 0. The molecule has 176 valence electrons. The van der Waals surface area contributed by atoms with Gasteiger partial charge in [-0.2, -0.15) is 0 Å². The summed E-state index contributed by atoms with van der Waals surface area (Å²) in [7, 11) is -4.26. The van der Waals surface area contributed by atoms with E-state index in [-0.39, 0.29) is 51.4 Å². The summed E-state index contributed by atoms with van der Waals surface area (Å²) >= 11 is 0. The minimum Gasteiger partial charge on any atom is -0.748 e. The van der Waals surface area contributed by atoms with Crippen LogP contribution in [0.4, 0.5) is 0 Å². The van der Waals surface area contributed by atoms with Gasteiger partial charge in [0.15, 0.2) is 0 Å². The van der Waals surface area contributed by atoms with E-state index in [1.165, 1.54) is 57.8 Å². The zero-order valence-corrected chi connectivity index (χ0v) is 24.3. The van der Waals surface area contributed by atoms with Gasteiger partial charge < -0.3 is 9.66 Å². The van der Waals surface area contributed by atoms with Crippen LogP contribution >= 0.6 is 0 Å². The summed E-state index contributed by atoms with van der Waals surface area (Å²) in [5.41, 5.74) is 0. The maximum absolute atomic E-state index is 11.5. The second-order valence-electron chi connectivity index (χ2n) is 8.87. The van der Waals surface area contributed by atoms with E-state index in [0.717, 1.165) is 51.4 Å². The van der Waals surface area contributed by atoms with E-state index in [1.54, 1.807) is 0 Å². The predicted molar refractivity (Wildman–Crippen MR) is 123 cm³/mol. The van der Waals surface area contributed by atoms with Crippen LogP contribution in [0.25, 0.3) is 0 Å². The van der Waals surface area contributed by atoms with E-state index >= 15 is 0 Å². The molecule has 30 heavy (non-hydrogen) atoms. The fourth-order valence-corrected chi connectivity index (χ4v) is 4.86. The first kappa shape index (κ1) is 33.7. The van der Waals surface area contributed by atoms with Gasteiger partial charge in [0.2, 0.25) is 0 Å². The second kappa shape index (κ2) is 23.7. The van der Waals surface area contributed by atoms with Gasteiger partial charge in [0, 0.05) is 5.25 Å². The molecule has 0 rings (SSSR count). The summed E-state index contributed by atoms with van der Waals surface area (Å²) in [5.74, 6) is 0. The topological polar surface area (TPSA) is 77.4 Å². The molecular formula is C24H49KO4S. The van der Waals surface area contributed by atoms with Crippen molar-refractivity contribution in [2.45, 2.75) is 154 Å². The van der Waals surface area contributed by atoms with Crippen molar-refractivity contribution in [3.63, 3.8) is 0 Å². The molecule has 0 saturated heterocycles. The second-order valence-corrected chi connectivity index (χ2v) is 10.5. The number of rotatable bonds is 22. The molecule has 0 aliphatic carbocycles. The van der Waals surface area contributed by atoms with Crippen molar-refractivity contribution in [3.05, 3.63) is 0 Å². The predicted octanol–water partition coefficient (Wildman–Crippen LogP) is 4.11. The number of unbranched alkanes of at least 4 members (excludes halogenated alkanes) is 14. The monoisotopic (exact) mass is 472 g/mol. The number of aliphatic hydroxyl groups is 1. The molecule has 0 aromatic carbocycles. The van der Waals surface area contributed by atoms with Crippen LogP contribution in [-0.2, 0) is 10.1 Å². The maximum Gasteiger partial charge on any atom is 1.00 e. The van der Waals surface area contributed by atoms with Gasteiger partial charge in [-0.25, -0.2) is 8.42 Å². The summed E-state index contributed by atoms with van der Waals surface area (Å²) in [5, 5.41) is 9.33. The fourth-order valence-electron chi connectivity index (χ4n) is 3.98. The Morgan fingerprint density at radius 1 is 0.600 bits per heavy atom. The molecule has 0 aliphatic heterocycles. The van der Waals surface area contributed by atoms with Crippen molar-refractivity contribution < 1.29 is 69.5 Å². The van der Waals surface area contributed by atoms with E-state index in [4.69, 9.17) is 0 Å². The Bertz CT molecular complexity index is 442. The summed E-state index contributed by atoms with van der Waals surface area (Å²) in [4.78, 5) is 0. The first-order valence-electron chi connectivity index (χ1n) is 12.5. The molecule has 0 radical (unpaired) electrons. The van der Waals surface area contributed by atoms with E-state index in [2.05, 4.69) is 13.8 Å². The molecule has 0 aromatic heterocycles. The van der Waals surface area contributed by atoms with E-state index < -0.39 is 21.5 Å². The van der Waals surface area contributed by atoms with Crippen LogP contribution in [0.5, 0.6) is 0 Å². The molecule has 0 bridgehead atoms. The summed E-state index contributed by atoms with van der Waals surface area (Å²) in [6.07, 6.45) is 20.7. The summed E-state index contributed by atoms with van der Waals surface area (Å²) < 4.78 is 34.5. The molecule has 0 aromatic rings. The summed E-state index contributed by atoms with van der Waals surface area (Å²) in [6, 6.07) is 0. The van der Waals surface area contributed by atoms with Crippen molar-refractivity contribution >= 4 is 10.1 Å². The molecular weight excluding hydrogens is 423 g/mol. The number of hydrogen-bond acceptors (Lipinski definition) is 4. The van der Waals surface area contributed by atoms with Gasteiger partial charge in [-0.05, 0) is 25.7 Å². The van der Waals surface area contributed by atoms with Crippen LogP contribution in [-0.4, -0.2) is 29.4 Å². The molecule has 0 saturated carbocycles. The Labute approximate surface area is 230 Å². The average molecular weight is 473 g/mol. The van der Waals surface area contributed by atoms with Crippen molar-refractivity contribution in [2.75, 3.05) is 0 Å². The molecule has 0 spiro atoms. The van der Waals surface area contributed by atoms with E-state index in [0.29, 0.717) is 19.3 Å². The van der Waals surface area contributed by atoms with Crippen LogP contribution in [0, 0.1) is 0 Å². The third kappa shape index (κ3) is 22.7. The number of aliphatic hydroxyl groups excluding tert-OH is 1. The Morgan fingerprint density at radius 3 is 1.37 bits per heavy atom. The van der Waals surface area contributed by atoms with Crippen LogP contribution in [0.15, 0.2) is 0 Å². The van der Waals surface area contributed by atoms with Crippen molar-refractivity contribution in [2.24, 2.45) is 0 Å². The Kier molecular flexibility index (Phi) is 26.6. The van der Waals surface area contributed by atoms with Gasteiger partial charge in [0.1, 0.15) is 0 Å². The summed E-state index contributed by atoms with van der Waals surface area (Å²) in [6.45, 7) is 4.39. The van der Waals surface area contributed by atoms with Crippen LogP contribution in [0.1, 0.15) is 142 Å². The van der Waals surface area contributed by atoms with Gasteiger partial charge in [-0.15, -0.1) is 0 Å².